The number of rotatable bonds is 2. The Kier molecular flexibility index (Phi) is 5.05. The molecule has 0 aromatic carbocycles. The van der Waals surface area contributed by atoms with Crippen molar-refractivity contribution in [2.24, 2.45) is 5.73 Å². The highest BCUT2D eigenvalue weighted by Crippen LogP contribution is 2.27. The first kappa shape index (κ1) is 13.5. The van der Waals surface area contributed by atoms with E-state index in [1.54, 1.807) is 0 Å². The van der Waals surface area contributed by atoms with Crippen LogP contribution in [0.4, 0.5) is 13.2 Å². The second-order valence-electron chi connectivity index (χ2n) is 1.97. The lowest BCUT2D eigenvalue weighted by Crippen LogP contribution is -2.59. The van der Waals surface area contributed by atoms with Crippen LogP contribution in [0.25, 0.3) is 0 Å². The van der Waals surface area contributed by atoms with Crippen LogP contribution in [0.2, 0.25) is 0 Å². The van der Waals surface area contributed by atoms with Crippen LogP contribution in [0.5, 0.6) is 0 Å². The average molecular weight is 196 g/mol. The Morgan fingerprint density at radius 2 is 1.36 bits per heavy atom. The number of halogens is 4. The molecule has 0 heterocycles. The minimum atomic E-state index is -4.77. The first-order valence-corrected chi connectivity index (χ1v) is 2.45. The Morgan fingerprint density at radius 1 is 1.09 bits per heavy atom. The summed E-state index contributed by atoms with van der Waals surface area (Å²) in [6.45, 7) is -2.62. The van der Waals surface area contributed by atoms with Crippen LogP contribution in [0.3, 0.4) is 0 Å². The lowest BCUT2D eigenvalue weighted by molar-refractivity contribution is -0.205. The van der Waals surface area contributed by atoms with E-state index in [0.717, 1.165) is 0 Å². The zero-order valence-corrected chi connectivity index (χ0v) is 6.24. The van der Waals surface area contributed by atoms with Gasteiger partial charge in [-0.3, -0.25) is 0 Å². The summed E-state index contributed by atoms with van der Waals surface area (Å²) >= 11 is 0. The van der Waals surface area contributed by atoms with Gasteiger partial charge in [0.15, 0.2) is 5.54 Å². The fraction of sp³-hybridized carbons (Fsp3) is 1.00. The number of aliphatic hydroxyl groups is 2. The van der Waals surface area contributed by atoms with Crippen molar-refractivity contribution in [2.75, 3.05) is 13.2 Å². The van der Waals surface area contributed by atoms with E-state index in [1.165, 1.54) is 0 Å². The van der Waals surface area contributed by atoms with E-state index in [2.05, 4.69) is 5.73 Å². The highest BCUT2D eigenvalue weighted by Gasteiger charge is 2.51. The van der Waals surface area contributed by atoms with E-state index >= 15 is 0 Å². The lowest BCUT2D eigenvalue weighted by atomic mass is 10.0. The summed E-state index contributed by atoms with van der Waals surface area (Å²) in [5.74, 6) is 0. The van der Waals surface area contributed by atoms with Crippen molar-refractivity contribution in [3.63, 3.8) is 0 Å². The molecule has 0 fully saturated rings. The van der Waals surface area contributed by atoms with Crippen molar-refractivity contribution < 1.29 is 23.4 Å². The van der Waals surface area contributed by atoms with Crippen LogP contribution in [0.1, 0.15) is 0 Å². The van der Waals surface area contributed by atoms with Crippen molar-refractivity contribution >= 4 is 12.4 Å². The highest BCUT2D eigenvalue weighted by atomic mass is 35.5. The second-order valence-corrected chi connectivity index (χ2v) is 1.97. The molecule has 11 heavy (non-hydrogen) atoms. The summed E-state index contributed by atoms with van der Waals surface area (Å²) in [5, 5.41) is 16.2. The maximum Gasteiger partial charge on any atom is 0.410 e. The average Bonchev–Trinajstić information content (AvgIpc) is 1.84. The Balaban J connectivity index is 0. The van der Waals surface area contributed by atoms with Crippen LogP contribution in [0.15, 0.2) is 0 Å². The molecule has 0 aliphatic rings. The van der Waals surface area contributed by atoms with Crippen molar-refractivity contribution in [3.05, 3.63) is 0 Å². The third-order valence-electron chi connectivity index (χ3n) is 1.13. The minimum Gasteiger partial charge on any atom is -0.394 e. The van der Waals surface area contributed by atoms with Crippen molar-refractivity contribution in [2.45, 2.75) is 11.7 Å². The minimum absolute atomic E-state index is 0. The van der Waals surface area contributed by atoms with Gasteiger partial charge in [0.1, 0.15) is 0 Å². The molecule has 3 nitrogen and oxygen atoms in total. The normalized spacial score (nSPS) is 12.5. The SMILES string of the molecule is Cl.NC(CO)(CO)C(F)(F)F. The maximum atomic E-state index is 11.7. The van der Waals surface area contributed by atoms with E-state index < -0.39 is 24.9 Å². The number of aliphatic hydroxyl groups excluding tert-OH is 2. The van der Waals surface area contributed by atoms with Crippen molar-refractivity contribution in [3.8, 4) is 0 Å². The lowest BCUT2D eigenvalue weighted by Gasteiger charge is -2.26. The Bertz CT molecular complexity index is 114. The molecule has 0 atom stereocenters. The maximum absolute atomic E-state index is 11.7. The summed E-state index contributed by atoms with van der Waals surface area (Å²) < 4.78 is 35.0. The van der Waals surface area contributed by atoms with Gasteiger partial charge >= 0.3 is 6.18 Å². The number of hydrogen-bond acceptors (Lipinski definition) is 3. The summed E-state index contributed by atoms with van der Waals surface area (Å²) in [6.07, 6.45) is -4.77. The number of nitrogens with two attached hydrogens (primary N) is 1. The highest BCUT2D eigenvalue weighted by molar-refractivity contribution is 5.85. The van der Waals surface area contributed by atoms with Gasteiger partial charge in [-0.15, -0.1) is 12.4 Å². The fourth-order valence-corrected chi connectivity index (χ4v) is 0.229. The van der Waals surface area contributed by atoms with Gasteiger partial charge in [-0.05, 0) is 0 Å². The van der Waals surface area contributed by atoms with Gasteiger partial charge in [0.05, 0.1) is 13.2 Å². The summed E-state index contributed by atoms with van der Waals surface area (Å²) in [7, 11) is 0. The molecule has 0 aromatic heterocycles. The van der Waals surface area contributed by atoms with E-state index in [-0.39, 0.29) is 12.4 Å². The van der Waals surface area contributed by atoms with Crippen LogP contribution in [-0.2, 0) is 0 Å². The van der Waals surface area contributed by atoms with E-state index in [1.807, 2.05) is 0 Å². The predicted molar refractivity (Wildman–Crippen MR) is 34.4 cm³/mol. The second kappa shape index (κ2) is 4.10. The van der Waals surface area contributed by atoms with E-state index in [9.17, 15) is 13.2 Å². The molecule has 0 rings (SSSR count). The summed E-state index contributed by atoms with van der Waals surface area (Å²) in [4.78, 5) is 0. The molecule has 7 heteroatoms. The Hall–Kier alpha value is -0.0400. The number of hydrogen-bond donors (Lipinski definition) is 3. The first-order chi connectivity index (χ1) is 4.37. The molecule has 0 amide bonds. The Labute approximate surface area is 67.4 Å². The van der Waals surface area contributed by atoms with E-state index in [4.69, 9.17) is 10.2 Å². The molecule has 0 spiro atoms. The van der Waals surface area contributed by atoms with Gasteiger partial charge in [-0.25, -0.2) is 0 Å². The molecular formula is C4H9ClF3NO2. The van der Waals surface area contributed by atoms with Crippen LogP contribution in [-0.4, -0.2) is 35.1 Å². The molecule has 0 saturated carbocycles. The fourth-order valence-electron chi connectivity index (χ4n) is 0.229. The Morgan fingerprint density at radius 3 is 1.36 bits per heavy atom. The molecule has 0 aliphatic heterocycles. The topological polar surface area (TPSA) is 66.5 Å². The van der Waals surface area contributed by atoms with Crippen molar-refractivity contribution in [1.29, 1.82) is 0 Å². The quantitative estimate of drug-likeness (QED) is 0.565. The largest absolute Gasteiger partial charge is 0.410 e. The monoisotopic (exact) mass is 195 g/mol. The zero-order valence-electron chi connectivity index (χ0n) is 5.43. The molecule has 0 saturated heterocycles. The van der Waals surface area contributed by atoms with Gasteiger partial charge in [0, 0.05) is 0 Å². The first-order valence-electron chi connectivity index (χ1n) is 2.45. The molecule has 0 radical (unpaired) electrons. The predicted octanol–water partition coefficient (Wildman–Crippen LogP) is -0.347. The van der Waals surface area contributed by atoms with Gasteiger partial charge in [-0.1, -0.05) is 0 Å². The van der Waals surface area contributed by atoms with Gasteiger partial charge in [0.25, 0.3) is 0 Å². The van der Waals surface area contributed by atoms with Gasteiger partial charge in [-0.2, -0.15) is 13.2 Å². The van der Waals surface area contributed by atoms with E-state index in [0.29, 0.717) is 0 Å². The molecule has 70 valence electrons. The van der Waals surface area contributed by atoms with Gasteiger partial charge in [0.2, 0.25) is 0 Å². The third-order valence-corrected chi connectivity index (χ3v) is 1.13. The van der Waals surface area contributed by atoms with Gasteiger partial charge < -0.3 is 15.9 Å². The molecule has 0 unspecified atom stereocenters. The molecule has 4 N–H and O–H groups in total. The molecule has 0 aromatic rings. The van der Waals surface area contributed by atoms with Crippen molar-refractivity contribution in [1.82, 2.24) is 0 Å². The third kappa shape index (κ3) is 2.82. The summed E-state index contributed by atoms with van der Waals surface area (Å²) in [6, 6.07) is 0. The molecule has 0 aliphatic carbocycles. The molecule has 0 bridgehead atoms. The standard InChI is InChI=1S/C4H8F3NO2.ClH/c5-4(6,7)3(8,1-9)2-10;/h9-10H,1-2,8H2;1H. The molecular weight excluding hydrogens is 186 g/mol. The zero-order chi connectivity index (χ0) is 8.41. The number of alkyl halides is 3. The summed E-state index contributed by atoms with van der Waals surface area (Å²) in [5.41, 5.74) is 1.68. The van der Waals surface area contributed by atoms with Crippen LogP contribution < -0.4 is 5.73 Å². The smallest absolute Gasteiger partial charge is 0.394 e. The van der Waals surface area contributed by atoms with Crippen LogP contribution >= 0.6 is 12.4 Å². The van der Waals surface area contributed by atoms with Crippen LogP contribution in [0, 0.1) is 0 Å².